The second-order valence-corrected chi connectivity index (χ2v) is 7.50. The van der Waals surface area contributed by atoms with Gasteiger partial charge in [-0.15, -0.1) is 11.3 Å². The maximum absolute atomic E-state index is 11.9. The minimum Gasteiger partial charge on any atom is -0.447 e. The molecule has 0 aromatic carbocycles. The molecule has 0 saturated heterocycles. The Bertz CT molecular complexity index is 642. The van der Waals surface area contributed by atoms with Gasteiger partial charge in [-0.25, -0.2) is 14.8 Å². The summed E-state index contributed by atoms with van der Waals surface area (Å²) in [6.45, 7) is 10.3. The number of nitrogens with one attached hydrogen (secondary N) is 2. The van der Waals surface area contributed by atoms with Crippen LogP contribution in [0.25, 0.3) is 0 Å². The number of hydrogen-bond donors (Lipinski definition) is 2. The number of hydrogen-bond acceptors (Lipinski definition) is 5. The highest BCUT2D eigenvalue weighted by Crippen LogP contribution is 2.21. The van der Waals surface area contributed by atoms with E-state index in [9.17, 15) is 4.79 Å². The number of urea groups is 1. The van der Waals surface area contributed by atoms with Gasteiger partial charge in [0.1, 0.15) is 11.3 Å². The van der Waals surface area contributed by atoms with Crippen molar-refractivity contribution < 1.29 is 9.21 Å². The maximum atomic E-state index is 11.9. The first kappa shape index (κ1) is 16.5. The van der Waals surface area contributed by atoms with Crippen LogP contribution in [0.4, 0.5) is 4.79 Å². The molecule has 0 bridgehead atoms. The minimum atomic E-state index is -0.268. The molecule has 0 aliphatic rings. The van der Waals surface area contributed by atoms with E-state index in [0.717, 1.165) is 15.6 Å². The van der Waals surface area contributed by atoms with E-state index in [-0.39, 0.29) is 24.0 Å². The topological polar surface area (TPSA) is 80.0 Å². The van der Waals surface area contributed by atoms with Gasteiger partial charge in [0.2, 0.25) is 5.89 Å². The number of carbonyl (C=O) groups excluding carboxylic acids is 1. The zero-order chi connectivity index (χ0) is 16.3. The highest BCUT2D eigenvalue weighted by molar-refractivity contribution is 7.11. The van der Waals surface area contributed by atoms with Crippen molar-refractivity contribution in [3.8, 4) is 0 Å². The van der Waals surface area contributed by atoms with E-state index in [1.807, 2.05) is 13.8 Å². The molecule has 2 heterocycles. The SMILES string of the molecule is Cc1cnc(C(C)NC(=O)NCc2nc(C(C)(C)C)co2)s1. The third-order valence-corrected chi connectivity index (χ3v) is 4.17. The predicted octanol–water partition coefficient (Wildman–Crippen LogP) is 3.30. The van der Waals surface area contributed by atoms with Crippen LogP contribution in [0, 0.1) is 6.92 Å². The fourth-order valence-electron chi connectivity index (χ4n) is 1.77. The highest BCUT2D eigenvalue weighted by Gasteiger charge is 2.19. The van der Waals surface area contributed by atoms with Crippen LogP contribution in [-0.4, -0.2) is 16.0 Å². The molecule has 1 atom stereocenters. The molecule has 120 valence electrons. The number of thiazole rings is 1. The van der Waals surface area contributed by atoms with E-state index in [2.05, 4.69) is 41.4 Å². The lowest BCUT2D eigenvalue weighted by atomic mass is 9.93. The molecule has 7 heteroatoms. The molecule has 2 aromatic rings. The number of carbonyl (C=O) groups is 1. The highest BCUT2D eigenvalue weighted by atomic mass is 32.1. The van der Waals surface area contributed by atoms with Gasteiger partial charge >= 0.3 is 6.03 Å². The van der Waals surface area contributed by atoms with Gasteiger partial charge < -0.3 is 15.1 Å². The van der Waals surface area contributed by atoms with Gasteiger partial charge in [-0.05, 0) is 13.8 Å². The van der Waals surface area contributed by atoms with E-state index >= 15 is 0 Å². The van der Waals surface area contributed by atoms with Gasteiger partial charge in [-0.1, -0.05) is 20.8 Å². The van der Waals surface area contributed by atoms with Gasteiger partial charge in [0.05, 0.1) is 18.3 Å². The molecule has 2 N–H and O–H groups in total. The predicted molar refractivity (Wildman–Crippen MR) is 85.8 cm³/mol. The number of aromatic nitrogens is 2. The van der Waals surface area contributed by atoms with Crippen LogP contribution in [-0.2, 0) is 12.0 Å². The average Bonchev–Trinajstić information content (AvgIpc) is 3.04. The Labute approximate surface area is 134 Å². The Hall–Kier alpha value is -1.89. The number of aryl methyl sites for hydroxylation is 1. The number of oxazole rings is 1. The molecule has 0 fully saturated rings. The Kier molecular flexibility index (Phi) is 4.85. The van der Waals surface area contributed by atoms with Crippen LogP contribution in [0.15, 0.2) is 16.9 Å². The summed E-state index contributed by atoms with van der Waals surface area (Å²) in [5.74, 6) is 0.498. The standard InChI is InChI=1S/C15H22N4O2S/c1-9-6-16-13(22-9)10(2)18-14(20)17-7-12-19-11(8-21-12)15(3,4)5/h6,8,10H,7H2,1-5H3,(H2,17,18,20). The van der Waals surface area contributed by atoms with E-state index in [1.54, 1.807) is 23.8 Å². The van der Waals surface area contributed by atoms with E-state index < -0.39 is 0 Å². The van der Waals surface area contributed by atoms with Crippen LogP contribution in [0.1, 0.15) is 55.2 Å². The third-order valence-electron chi connectivity index (χ3n) is 3.08. The molecule has 2 amide bonds. The molecular formula is C15H22N4O2S. The molecule has 0 radical (unpaired) electrons. The van der Waals surface area contributed by atoms with Crippen LogP contribution in [0.2, 0.25) is 0 Å². The summed E-state index contributed by atoms with van der Waals surface area (Å²) in [7, 11) is 0. The molecule has 0 saturated carbocycles. The molecule has 2 aromatic heterocycles. The Balaban J connectivity index is 1.84. The molecular weight excluding hydrogens is 300 g/mol. The zero-order valence-corrected chi connectivity index (χ0v) is 14.4. The maximum Gasteiger partial charge on any atom is 0.315 e. The van der Waals surface area contributed by atoms with Crippen molar-refractivity contribution in [2.75, 3.05) is 0 Å². The van der Waals surface area contributed by atoms with E-state index in [0.29, 0.717) is 5.89 Å². The summed E-state index contributed by atoms with van der Waals surface area (Å²) in [6.07, 6.45) is 3.44. The second kappa shape index (κ2) is 6.48. The number of amides is 2. The van der Waals surface area contributed by atoms with Crippen LogP contribution in [0.3, 0.4) is 0 Å². The largest absolute Gasteiger partial charge is 0.447 e. The fourth-order valence-corrected chi connectivity index (χ4v) is 2.55. The Morgan fingerprint density at radius 1 is 1.45 bits per heavy atom. The second-order valence-electron chi connectivity index (χ2n) is 6.23. The molecule has 0 aliphatic carbocycles. The van der Waals surface area contributed by atoms with E-state index in [4.69, 9.17) is 4.42 Å². The first-order chi connectivity index (χ1) is 10.3. The summed E-state index contributed by atoms with van der Waals surface area (Å²) in [5, 5.41) is 6.47. The quantitative estimate of drug-likeness (QED) is 0.905. The Morgan fingerprint density at radius 2 is 2.18 bits per heavy atom. The van der Waals surface area contributed by atoms with Gasteiger partial charge in [0.15, 0.2) is 0 Å². The van der Waals surface area contributed by atoms with Gasteiger partial charge in [0, 0.05) is 16.5 Å². The van der Waals surface area contributed by atoms with Gasteiger partial charge in [-0.2, -0.15) is 0 Å². The van der Waals surface area contributed by atoms with Crippen molar-refractivity contribution in [1.82, 2.24) is 20.6 Å². The Morgan fingerprint density at radius 3 is 2.73 bits per heavy atom. The molecule has 0 aliphatic heterocycles. The van der Waals surface area contributed by atoms with Gasteiger partial charge in [-0.3, -0.25) is 0 Å². The first-order valence-corrected chi connectivity index (χ1v) is 7.99. The normalized spacial score (nSPS) is 13.0. The fraction of sp³-hybridized carbons (Fsp3) is 0.533. The molecule has 22 heavy (non-hydrogen) atoms. The van der Waals surface area contributed by atoms with Crippen molar-refractivity contribution >= 4 is 17.4 Å². The van der Waals surface area contributed by atoms with Crippen LogP contribution < -0.4 is 10.6 Å². The summed E-state index contributed by atoms with van der Waals surface area (Å²) >= 11 is 1.57. The number of nitrogens with zero attached hydrogens (tertiary/aromatic N) is 2. The average molecular weight is 322 g/mol. The number of rotatable bonds is 4. The third kappa shape index (κ3) is 4.30. The van der Waals surface area contributed by atoms with Crippen molar-refractivity contribution in [3.63, 3.8) is 0 Å². The van der Waals surface area contributed by atoms with Crippen molar-refractivity contribution in [3.05, 3.63) is 33.9 Å². The summed E-state index contributed by atoms with van der Waals surface area (Å²) in [5.41, 5.74) is 0.803. The monoisotopic (exact) mass is 322 g/mol. The van der Waals surface area contributed by atoms with Crippen molar-refractivity contribution in [2.45, 2.75) is 52.6 Å². The molecule has 1 unspecified atom stereocenters. The smallest absolute Gasteiger partial charge is 0.315 e. The minimum absolute atomic E-state index is 0.0682. The summed E-state index contributed by atoms with van der Waals surface area (Å²) in [4.78, 5) is 21.7. The van der Waals surface area contributed by atoms with Crippen LogP contribution >= 0.6 is 11.3 Å². The van der Waals surface area contributed by atoms with Crippen molar-refractivity contribution in [2.24, 2.45) is 0 Å². The zero-order valence-electron chi connectivity index (χ0n) is 13.6. The molecule has 2 rings (SSSR count). The first-order valence-electron chi connectivity index (χ1n) is 7.17. The van der Waals surface area contributed by atoms with E-state index in [1.165, 1.54) is 0 Å². The van der Waals surface area contributed by atoms with Crippen LogP contribution in [0.5, 0.6) is 0 Å². The lowest BCUT2D eigenvalue weighted by Crippen LogP contribution is -2.36. The lowest BCUT2D eigenvalue weighted by molar-refractivity contribution is 0.236. The van der Waals surface area contributed by atoms with Crippen molar-refractivity contribution in [1.29, 1.82) is 0 Å². The molecule has 0 spiro atoms. The lowest BCUT2D eigenvalue weighted by Gasteiger charge is -2.13. The van der Waals surface area contributed by atoms with Gasteiger partial charge in [0.25, 0.3) is 0 Å². The summed E-state index contributed by atoms with van der Waals surface area (Å²) < 4.78 is 5.37. The molecule has 6 nitrogen and oxygen atoms in total. The summed E-state index contributed by atoms with van der Waals surface area (Å²) in [6, 6.07) is -0.399.